The number of hydrogen-bond acceptors (Lipinski definition) is 4. The Hall–Kier alpha value is -0.940. The van der Waals surface area contributed by atoms with Crippen LogP contribution in [0.5, 0.6) is 0 Å². The predicted molar refractivity (Wildman–Crippen MR) is 76.0 cm³/mol. The fourth-order valence-corrected chi connectivity index (χ4v) is 4.13. The molecular weight excluding hydrogens is 258 g/mol. The van der Waals surface area contributed by atoms with Crippen molar-refractivity contribution in [2.45, 2.75) is 45.1 Å². The molecular formula is C14H21N3OS. The molecule has 1 saturated heterocycles. The summed E-state index contributed by atoms with van der Waals surface area (Å²) in [6.45, 7) is 2.25. The first-order valence-electron chi connectivity index (χ1n) is 7.16. The van der Waals surface area contributed by atoms with Crippen molar-refractivity contribution < 1.29 is 4.79 Å². The molecule has 1 aromatic rings. The van der Waals surface area contributed by atoms with E-state index in [0.29, 0.717) is 17.7 Å². The van der Waals surface area contributed by atoms with Crippen molar-refractivity contribution in [3.05, 3.63) is 16.1 Å². The molecule has 1 aliphatic heterocycles. The van der Waals surface area contributed by atoms with Crippen LogP contribution in [0.2, 0.25) is 0 Å². The van der Waals surface area contributed by atoms with Crippen molar-refractivity contribution in [2.24, 2.45) is 11.1 Å². The zero-order chi connectivity index (χ0) is 13.3. The van der Waals surface area contributed by atoms with Crippen LogP contribution in [0.25, 0.3) is 0 Å². The fraction of sp³-hybridized carbons (Fsp3) is 0.714. The number of carbonyl (C=O) groups is 1. The van der Waals surface area contributed by atoms with Gasteiger partial charge in [0.15, 0.2) is 0 Å². The van der Waals surface area contributed by atoms with Gasteiger partial charge in [-0.2, -0.15) is 0 Å². The highest BCUT2D eigenvalue weighted by Crippen LogP contribution is 2.43. The van der Waals surface area contributed by atoms with E-state index in [2.05, 4.69) is 4.98 Å². The summed E-state index contributed by atoms with van der Waals surface area (Å²) >= 11 is 1.48. The number of aromatic nitrogens is 1. The first-order chi connectivity index (χ1) is 9.22. The summed E-state index contributed by atoms with van der Waals surface area (Å²) in [6, 6.07) is 0. The van der Waals surface area contributed by atoms with Crippen LogP contribution in [-0.4, -0.2) is 28.9 Å². The minimum Gasteiger partial charge on any atom is -0.337 e. The molecule has 3 rings (SSSR count). The highest BCUT2D eigenvalue weighted by atomic mass is 32.1. The number of nitrogens with zero attached hydrogens (tertiary/aromatic N) is 2. The third-order valence-electron chi connectivity index (χ3n) is 4.59. The lowest BCUT2D eigenvalue weighted by Crippen LogP contribution is -2.33. The molecule has 1 amide bonds. The van der Waals surface area contributed by atoms with Gasteiger partial charge < -0.3 is 10.6 Å². The standard InChI is InChI=1S/C14H21N3OS/c15-8-12-16-11(9-19-12)13(18)17-7-6-14(10-17)4-2-1-3-5-14/h9H,1-8,10,15H2. The van der Waals surface area contributed by atoms with Crippen molar-refractivity contribution in [3.63, 3.8) is 0 Å². The van der Waals surface area contributed by atoms with Gasteiger partial charge in [0.25, 0.3) is 5.91 Å². The molecule has 0 unspecified atom stereocenters. The summed E-state index contributed by atoms with van der Waals surface area (Å²) in [5, 5.41) is 2.69. The maximum Gasteiger partial charge on any atom is 0.273 e. The van der Waals surface area contributed by atoms with Crippen LogP contribution < -0.4 is 5.73 Å². The molecule has 104 valence electrons. The van der Waals surface area contributed by atoms with Gasteiger partial charge in [0.2, 0.25) is 0 Å². The Morgan fingerprint density at radius 1 is 1.37 bits per heavy atom. The average Bonchev–Trinajstić information content (AvgIpc) is 3.06. The number of rotatable bonds is 2. The molecule has 0 atom stereocenters. The number of thiazole rings is 1. The van der Waals surface area contributed by atoms with E-state index in [1.807, 2.05) is 10.3 Å². The molecule has 2 aliphatic rings. The predicted octanol–water partition coefficient (Wildman–Crippen LogP) is 2.40. The minimum absolute atomic E-state index is 0.0957. The molecule has 1 aliphatic carbocycles. The summed E-state index contributed by atoms with van der Waals surface area (Å²) in [4.78, 5) is 18.7. The van der Waals surface area contributed by atoms with E-state index in [0.717, 1.165) is 18.1 Å². The van der Waals surface area contributed by atoms with Crippen LogP contribution in [0.3, 0.4) is 0 Å². The maximum atomic E-state index is 12.4. The second kappa shape index (κ2) is 5.21. The molecule has 0 bridgehead atoms. The van der Waals surface area contributed by atoms with Crippen molar-refractivity contribution in [2.75, 3.05) is 13.1 Å². The highest BCUT2D eigenvalue weighted by Gasteiger charge is 2.40. The molecule has 19 heavy (non-hydrogen) atoms. The second-order valence-electron chi connectivity index (χ2n) is 5.87. The van der Waals surface area contributed by atoms with Crippen LogP contribution in [0.4, 0.5) is 0 Å². The van der Waals surface area contributed by atoms with Gasteiger partial charge in [-0.05, 0) is 24.7 Å². The third kappa shape index (κ3) is 2.54. The molecule has 0 aromatic carbocycles. The average molecular weight is 279 g/mol. The van der Waals surface area contributed by atoms with Gasteiger partial charge in [0.1, 0.15) is 10.7 Å². The normalized spacial score (nSPS) is 22.1. The number of amides is 1. The Bertz CT molecular complexity index is 465. The quantitative estimate of drug-likeness (QED) is 0.904. The minimum atomic E-state index is 0.0957. The van der Waals surface area contributed by atoms with E-state index in [-0.39, 0.29) is 5.91 Å². The van der Waals surface area contributed by atoms with E-state index in [9.17, 15) is 4.79 Å². The van der Waals surface area contributed by atoms with E-state index in [1.165, 1.54) is 49.9 Å². The van der Waals surface area contributed by atoms with E-state index >= 15 is 0 Å². The van der Waals surface area contributed by atoms with Crippen molar-refractivity contribution in [1.82, 2.24) is 9.88 Å². The van der Waals surface area contributed by atoms with Crippen LogP contribution in [-0.2, 0) is 6.54 Å². The van der Waals surface area contributed by atoms with Gasteiger partial charge in [0.05, 0.1) is 0 Å². The number of nitrogens with two attached hydrogens (primary N) is 1. The largest absolute Gasteiger partial charge is 0.337 e. The molecule has 2 N–H and O–H groups in total. The topological polar surface area (TPSA) is 59.2 Å². The molecule has 5 heteroatoms. The zero-order valence-electron chi connectivity index (χ0n) is 11.2. The van der Waals surface area contributed by atoms with Gasteiger partial charge in [-0.3, -0.25) is 4.79 Å². The summed E-state index contributed by atoms with van der Waals surface area (Å²) in [6.07, 6.45) is 7.78. The summed E-state index contributed by atoms with van der Waals surface area (Å²) < 4.78 is 0. The fourth-order valence-electron chi connectivity index (χ4n) is 3.48. The van der Waals surface area contributed by atoms with Gasteiger partial charge in [-0.1, -0.05) is 19.3 Å². The Labute approximate surface area is 118 Å². The summed E-state index contributed by atoms with van der Waals surface area (Å²) in [7, 11) is 0. The first kappa shape index (κ1) is 13.1. The Morgan fingerprint density at radius 2 is 2.16 bits per heavy atom. The second-order valence-corrected chi connectivity index (χ2v) is 6.81. The number of carbonyl (C=O) groups excluding carboxylic acids is 1. The Morgan fingerprint density at radius 3 is 2.84 bits per heavy atom. The van der Waals surface area contributed by atoms with Crippen molar-refractivity contribution in [1.29, 1.82) is 0 Å². The lowest BCUT2D eigenvalue weighted by molar-refractivity contribution is 0.0754. The molecule has 1 saturated carbocycles. The molecule has 4 nitrogen and oxygen atoms in total. The van der Waals surface area contributed by atoms with E-state index in [4.69, 9.17) is 5.73 Å². The smallest absolute Gasteiger partial charge is 0.273 e. The summed E-state index contributed by atoms with van der Waals surface area (Å²) in [5.41, 5.74) is 6.55. The van der Waals surface area contributed by atoms with Crippen molar-refractivity contribution >= 4 is 17.2 Å². The molecule has 2 heterocycles. The molecule has 0 radical (unpaired) electrons. The highest BCUT2D eigenvalue weighted by molar-refractivity contribution is 7.09. The van der Waals surface area contributed by atoms with Crippen LogP contribution in [0.15, 0.2) is 5.38 Å². The van der Waals surface area contributed by atoms with Crippen LogP contribution in [0.1, 0.15) is 54.0 Å². The van der Waals surface area contributed by atoms with Gasteiger partial charge in [-0.25, -0.2) is 4.98 Å². The monoisotopic (exact) mass is 279 g/mol. The lowest BCUT2D eigenvalue weighted by atomic mass is 9.73. The van der Waals surface area contributed by atoms with Gasteiger partial charge in [0, 0.05) is 25.0 Å². The zero-order valence-corrected chi connectivity index (χ0v) is 12.0. The number of likely N-dealkylation sites (tertiary alicyclic amines) is 1. The first-order valence-corrected chi connectivity index (χ1v) is 8.04. The SMILES string of the molecule is NCc1nc(C(=O)N2CCC3(CCCCC3)C2)cs1. The molecule has 1 spiro atoms. The Balaban J connectivity index is 1.68. The number of hydrogen-bond donors (Lipinski definition) is 1. The van der Waals surface area contributed by atoms with E-state index < -0.39 is 0 Å². The van der Waals surface area contributed by atoms with Crippen LogP contribution in [0, 0.1) is 5.41 Å². The van der Waals surface area contributed by atoms with Gasteiger partial charge in [-0.15, -0.1) is 11.3 Å². The lowest BCUT2D eigenvalue weighted by Gasteiger charge is -2.33. The molecule has 1 aromatic heterocycles. The summed E-state index contributed by atoms with van der Waals surface area (Å²) in [5.74, 6) is 0.0957. The van der Waals surface area contributed by atoms with Gasteiger partial charge >= 0.3 is 0 Å². The van der Waals surface area contributed by atoms with Crippen LogP contribution >= 0.6 is 11.3 Å². The van der Waals surface area contributed by atoms with E-state index in [1.54, 1.807) is 0 Å². The maximum absolute atomic E-state index is 12.4. The van der Waals surface area contributed by atoms with Crippen molar-refractivity contribution in [3.8, 4) is 0 Å². The third-order valence-corrected chi connectivity index (χ3v) is 5.46. The Kier molecular flexibility index (Phi) is 3.58. The molecule has 2 fully saturated rings.